The molecule has 2 aromatic carbocycles. The summed E-state index contributed by atoms with van der Waals surface area (Å²) in [5.74, 6) is -0.361. The van der Waals surface area contributed by atoms with Crippen molar-refractivity contribution in [2.45, 2.75) is 52.4 Å². The fourth-order valence-corrected chi connectivity index (χ4v) is 3.95. The Morgan fingerprint density at radius 1 is 1.11 bits per heavy atom. The van der Waals surface area contributed by atoms with E-state index in [-0.39, 0.29) is 11.8 Å². The minimum atomic E-state index is -0.369. The number of nitrogens with zero attached hydrogens (tertiary/aromatic N) is 1. The van der Waals surface area contributed by atoms with Crippen molar-refractivity contribution in [2.24, 2.45) is 10.7 Å². The van der Waals surface area contributed by atoms with Crippen molar-refractivity contribution in [2.75, 3.05) is 0 Å². The van der Waals surface area contributed by atoms with E-state index in [1.54, 1.807) is 0 Å². The number of aliphatic imine (C=N–C) groups is 1. The molecule has 27 heavy (non-hydrogen) atoms. The Balaban J connectivity index is 2.28. The Labute approximate surface area is 162 Å². The van der Waals surface area contributed by atoms with Gasteiger partial charge in [0.1, 0.15) is 0 Å². The Hall–Kier alpha value is -2.68. The monoisotopic (exact) mass is 360 g/mol. The summed E-state index contributed by atoms with van der Waals surface area (Å²) in [6.07, 6.45) is 8.18. The van der Waals surface area contributed by atoms with E-state index >= 15 is 0 Å². The van der Waals surface area contributed by atoms with Crippen LogP contribution in [0.2, 0.25) is 0 Å². The Bertz CT molecular complexity index is 909. The second-order valence-corrected chi connectivity index (χ2v) is 7.18. The van der Waals surface area contributed by atoms with Gasteiger partial charge in [0, 0.05) is 17.5 Å². The van der Waals surface area contributed by atoms with Crippen molar-refractivity contribution in [3.05, 3.63) is 81.6 Å². The Morgan fingerprint density at radius 2 is 1.85 bits per heavy atom. The molecule has 3 heteroatoms. The van der Waals surface area contributed by atoms with Crippen LogP contribution < -0.4 is 5.73 Å². The molecule has 0 radical (unpaired) electrons. The predicted octanol–water partition coefficient (Wildman–Crippen LogP) is 5.24. The van der Waals surface area contributed by atoms with Gasteiger partial charge in [-0.3, -0.25) is 9.79 Å². The van der Waals surface area contributed by atoms with Crippen LogP contribution in [-0.4, -0.2) is 12.1 Å². The smallest absolute Gasteiger partial charge is 0.248 e. The van der Waals surface area contributed by atoms with Gasteiger partial charge in [0.15, 0.2) is 0 Å². The standard InChI is InChI=1S/C24H28N2O/c1-4-18-20(12-9-13-21(18)24(25)27)23(22-14-6-5-7-15-26-22)19-11-8-10-16(2)17(19)3/h8-15,23H,4-7H2,1-3H3,(H2,25,27). The first-order valence-corrected chi connectivity index (χ1v) is 9.74. The van der Waals surface area contributed by atoms with Gasteiger partial charge in [-0.15, -0.1) is 0 Å². The number of nitrogens with two attached hydrogens (primary N) is 1. The molecule has 3 rings (SSSR count). The summed E-state index contributed by atoms with van der Waals surface area (Å²) in [6, 6.07) is 12.3. The molecule has 0 saturated heterocycles. The summed E-state index contributed by atoms with van der Waals surface area (Å²) >= 11 is 0. The third-order valence-electron chi connectivity index (χ3n) is 5.53. The summed E-state index contributed by atoms with van der Waals surface area (Å²) in [4.78, 5) is 16.8. The first-order valence-electron chi connectivity index (χ1n) is 9.74. The van der Waals surface area contributed by atoms with Crippen LogP contribution in [0, 0.1) is 13.8 Å². The quantitative estimate of drug-likeness (QED) is 0.779. The molecule has 1 atom stereocenters. The highest BCUT2D eigenvalue weighted by molar-refractivity contribution is 5.94. The molecule has 0 fully saturated rings. The van der Waals surface area contributed by atoms with Crippen molar-refractivity contribution in [1.82, 2.24) is 0 Å². The van der Waals surface area contributed by atoms with E-state index < -0.39 is 0 Å². The number of carbonyl (C=O) groups excluding carboxylic acids is 1. The topological polar surface area (TPSA) is 55.5 Å². The lowest BCUT2D eigenvalue weighted by Crippen LogP contribution is -2.17. The molecule has 1 unspecified atom stereocenters. The highest BCUT2D eigenvalue weighted by Gasteiger charge is 2.25. The number of primary amides is 1. The molecular formula is C24H28N2O. The van der Waals surface area contributed by atoms with Crippen LogP contribution in [0.5, 0.6) is 0 Å². The molecular weight excluding hydrogens is 332 g/mol. The van der Waals surface area contributed by atoms with Gasteiger partial charge < -0.3 is 5.73 Å². The molecule has 1 aliphatic rings. The fraction of sp³-hybridized carbons (Fsp3) is 0.333. The maximum absolute atomic E-state index is 12.0. The number of amides is 1. The fourth-order valence-electron chi connectivity index (χ4n) is 3.95. The average Bonchev–Trinajstić information content (AvgIpc) is 2.94. The minimum Gasteiger partial charge on any atom is -0.366 e. The third kappa shape index (κ3) is 3.87. The molecule has 2 aromatic rings. The minimum absolute atomic E-state index is 0.00787. The maximum atomic E-state index is 12.0. The zero-order valence-electron chi connectivity index (χ0n) is 16.5. The van der Waals surface area contributed by atoms with E-state index in [2.05, 4.69) is 51.1 Å². The maximum Gasteiger partial charge on any atom is 0.248 e. The Kier molecular flexibility index (Phi) is 5.90. The molecule has 1 aliphatic heterocycles. The number of hydrogen-bond donors (Lipinski definition) is 1. The van der Waals surface area contributed by atoms with Gasteiger partial charge in [-0.05, 0) is 73.4 Å². The number of aryl methyl sites for hydroxylation is 1. The zero-order valence-corrected chi connectivity index (χ0v) is 16.5. The van der Waals surface area contributed by atoms with Crippen LogP contribution >= 0.6 is 0 Å². The summed E-state index contributed by atoms with van der Waals surface area (Å²) < 4.78 is 0. The summed E-state index contributed by atoms with van der Waals surface area (Å²) in [7, 11) is 0. The van der Waals surface area contributed by atoms with Crippen molar-refractivity contribution < 1.29 is 4.79 Å². The van der Waals surface area contributed by atoms with Crippen molar-refractivity contribution in [3.8, 4) is 0 Å². The molecule has 0 aromatic heterocycles. The summed E-state index contributed by atoms with van der Waals surface area (Å²) in [5, 5.41) is 0. The summed E-state index contributed by atoms with van der Waals surface area (Å²) in [6.45, 7) is 6.39. The lowest BCUT2D eigenvalue weighted by molar-refractivity contribution is 0.0999. The van der Waals surface area contributed by atoms with Crippen LogP contribution in [0.15, 0.2) is 53.2 Å². The average molecular weight is 361 g/mol. The van der Waals surface area contributed by atoms with Crippen molar-refractivity contribution in [1.29, 1.82) is 0 Å². The second kappa shape index (κ2) is 8.34. The molecule has 0 bridgehead atoms. The van der Waals surface area contributed by atoms with Gasteiger partial charge >= 0.3 is 0 Å². The van der Waals surface area contributed by atoms with Crippen LogP contribution in [0.3, 0.4) is 0 Å². The molecule has 1 heterocycles. The highest BCUT2D eigenvalue weighted by atomic mass is 16.1. The van der Waals surface area contributed by atoms with Crippen LogP contribution in [0.1, 0.15) is 70.3 Å². The number of benzene rings is 2. The van der Waals surface area contributed by atoms with E-state index in [0.717, 1.165) is 42.5 Å². The van der Waals surface area contributed by atoms with E-state index in [9.17, 15) is 4.79 Å². The van der Waals surface area contributed by atoms with Crippen molar-refractivity contribution in [3.63, 3.8) is 0 Å². The number of rotatable bonds is 5. The number of allylic oxidation sites excluding steroid dienone is 2. The van der Waals surface area contributed by atoms with Gasteiger partial charge in [0.2, 0.25) is 5.91 Å². The highest BCUT2D eigenvalue weighted by Crippen LogP contribution is 2.39. The van der Waals surface area contributed by atoms with Crippen LogP contribution in [0.4, 0.5) is 0 Å². The number of carbonyl (C=O) groups is 1. The lowest BCUT2D eigenvalue weighted by atomic mass is 9.80. The van der Waals surface area contributed by atoms with E-state index in [0.29, 0.717) is 5.56 Å². The van der Waals surface area contributed by atoms with Gasteiger partial charge in [-0.1, -0.05) is 43.3 Å². The number of hydrogen-bond acceptors (Lipinski definition) is 2. The summed E-state index contributed by atoms with van der Waals surface area (Å²) in [5.41, 5.74) is 13.3. The lowest BCUT2D eigenvalue weighted by Gasteiger charge is -2.25. The zero-order chi connectivity index (χ0) is 19.4. The SMILES string of the molecule is CCc1c(C(N)=O)cccc1C(C1=CCCCC=N1)c1cccc(C)c1C. The normalized spacial score (nSPS) is 15.1. The van der Waals surface area contributed by atoms with Gasteiger partial charge in [-0.25, -0.2) is 0 Å². The molecule has 3 nitrogen and oxygen atoms in total. The molecule has 0 aliphatic carbocycles. The van der Waals surface area contributed by atoms with Gasteiger partial charge in [-0.2, -0.15) is 0 Å². The molecule has 0 spiro atoms. The van der Waals surface area contributed by atoms with E-state index in [4.69, 9.17) is 10.7 Å². The molecule has 1 amide bonds. The van der Waals surface area contributed by atoms with Crippen LogP contribution in [-0.2, 0) is 6.42 Å². The second-order valence-electron chi connectivity index (χ2n) is 7.18. The molecule has 140 valence electrons. The first-order chi connectivity index (χ1) is 13.0. The van der Waals surface area contributed by atoms with E-state index in [1.165, 1.54) is 16.7 Å². The van der Waals surface area contributed by atoms with Crippen molar-refractivity contribution >= 4 is 12.1 Å². The molecule has 2 N–H and O–H groups in total. The third-order valence-corrected chi connectivity index (χ3v) is 5.53. The largest absolute Gasteiger partial charge is 0.366 e. The predicted molar refractivity (Wildman–Crippen MR) is 113 cm³/mol. The van der Waals surface area contributed by atoms with Crippen LogP contribution in [0.25, 0.3) is 0 Å². The van der Waals surface area contributed by atoms with E-state index in [1.807, 2.05) is 18.3 Å². The Morgan fingerprint density at radius 3 is 2.59 bits per heavy atom. The molecule has 0 saturated carbocycles. The van der Waals surface area contributed by atoms with Gasteiger partial charge in [0.05, 0.1) is 5.92 Å². The first kappa shape index (κ1) is 19.1. The van der Waals surface area contributed by atoms with Gasteiger partial charge in [0.25, 0.3) is 0 Å².